The second-order valence-electron chi connectivity index (χ2n) is 4.73. The van der Waals surface area contributed by atoms with Crippen LogP contribution in [0.15, 0.2) is 0 Å². The summed E-state index contributed by atoms with van der Waals surface area (Å²) < 4.78 is 0. The van der Waals surface area contributed by atoms with Crippen molar-refractivity contribution < 1.29 is 14.7 Å². The van der Waals surface area contributed by atoms with Gasteiger partial charge in [-0.1, -0.05) is 0 Å². The largest absolute Gasteiger partial charge is 0.480 e. The maximum Gasteiger partial charge on any atom is 0.319 e. The fourth-order valence-electron chi connectivity index (χ4n) is 2.32. The highest BCUT2D eigenvalue weighted by Gasteiger charge is 2.59. The van der Waals surface area contributed by atoms with Gasteiger partial charge in [0.25, 0.3) is 0 Å². The van der Waals surface area contributed by atoms with Crippen LogP contribution in [0.25, 0.3) is 0 Å². The van der Waals surface area contributed by atoms with Crippen LogP contribution in [0, 0.1) is 5.41 Å². The summed E-state index contributed by atoms with van der Waals surface area (Å²) in [4.78, 5) is 24.9. The molecule has 15 heavy (non-hydrogen) atoms. The van der Waals surface area contributed by atoms with E-state index < -0.39 is 11.4 Å². The standard InChI is InChI=1S/C11H17NO3/c1-8-4-2-3-7-12(8)9(13)11(5-6-11)10(14)15/h8H,2-7H2,1H3,(H,14,15). The van der Waals surface area contributed by atoms with Gasteiger partial charge in [0.1, 0.15) is 5.41 Å². The number of aliphatic carboxylic acids is 1. The summed E-state index contributed by atoms with van der Waals surface area (Å²) in [6, 6.07) is 0.211. The van der Waals surface area contributed by atoms with E-state index in [4.69, 9.17) is 5.11 Å². The van der Waals surface area contributed by atoms with Crippen LogP contribution >= 0.6 is 0 Å². The molecule has 2 fully saturated rings. The van der Waals surface area contributed by atoms with Crippen molar-refractivity contribution in [2.45, 2.75) is 45.1 Å². The number of carboxylic acids is 1. The zero-order valence-corrected chi connectivity index (χ0v) is 9.03. The summed E-state index contributed by atoms with van der Waals surface area (Å²) in [6.07, 6.45) is 4.19. The molecular weight excluding hydrogens is 194 g/mol. The molecule has 0 spiro atoms. The number of carboxylic acid groups (broad SMARTS) is 1. The molecule has 1 N–H and O–H groups in total. The predicted molar refractivity (Wildman–Crippen MR) is 54.3 cm³/mol. The molecule has 1 unspecified atom stereocenters. The zero-order chi connectivity index (χ0) is 11.1. The quantitative estimate of drug-likeness (QED) is 0.699. The molecule has 1 aliphatic carbocycles. The van der Waals surface area contributed by atoms with E-state index in [1.54, 1.807) is 4.90 Å². The number of nitrogens with zero attached hydrogens (tertiary/aromatic N) is 1. The maximum absolute atomic E-state index is 12.1. The first kappa shape index (κ1) is 10.5. The van der Waals surface area contributed by atoms with Crippen molar-refractivity contribution in [1.82, 2.24) is 4.90 Å². The Kier molecular flexibility index (Phi) is 2.44. The summed E-state index contributed by atoms with van der Waals surface area (Å²) >= 11 is 0. The minimum Gasteiger partial charge on any atom is -0.480 e. The van der Waals surface area contributed by atoms with Crippen molar-refractivity contribution in [3.8, 4) is 0 Å². The second kappa shape index (κ2) is 3.51. The third kappa shape index (κ3) is 1.62. The summed E-state index contributed by atoms with van der Waals surface area (Å²) in [7, 11) is 0. The minimum absolute atomic E-state index is 0.151. The lowest BCUT2D eigenvalue weighted by Crippen LogP contribution is -2.47. The van der Waals surface area contributed by atoms with Crippen LogP contribution in [0.5, 0.6) is 0 Å². The molecule has 1 heterocycles. The van der Waals surface area contributed by atoms with Gasteiger partial charge in [0.05, 0.1) is 0 Å². The molecule has 1 aliphatic heterocycles. The molecule has 2 aliphatic rings. The van der Waals surface area contributed by atoms with E-state index in [-0.39, 0.29) is 11.9 Å². The van der Waals surface area contributed by atoms with Crippen molar-refractivity contribution in [3.63, 3.8) is 0 Å². The maximum atomic E-state index is 12.1. The van der Waals surface area contributed by atoms with Crippen molar-refractivity contribution in [2.24, 2.45) is 5.41 Å². The highest BCUT2D eigenvalue weighted by atomic mass is 16.4. The molecule has 0 radical (unpaired) electrons. The fourth-order valence-corrected chi connectivity index (χ4v) is 2.32. The van der Waals surface area contributed by atoms with Crippen molar-refractivity contribution in [2.75, 3.05) is 6.54 Å². The molecule has 1 amide bonds. The van der Waals surface area contributed by atoms with E-state index >= 15 is 0 Å². The number of carbonyl (C=O) groups excluding carboxylic acids is 1. The lowest BCUT2D eigenvalue weighted by atomic mass is 9.99. The minimum atomic E-state index is -1.05. The fraction of sp³-hybridized carbons (Fsp3) is 0.818. The molecule has 1 atom stereocenters. The predicted octanol–water partition coefficient (Wildman–Crippen LogP) is 1.25. The van der Waals surface area contributed by atoms with Gasteiger partial charge in [0.2, 0.25) is 5.91 Å². The number of amides is 1. The summed E-state index contributed by atoms with van der Waals surface area (Å²) in [5, 5.41) is 9.04. The van der Waals surface area contributed by atoms with Crippen LogP contribution in [-0.4, -0.2) is 34.5 Å². The van der Waals surface area contributed by atoms with Crippen LogP contribution in [0.3, 0.4) is 0 Å². The number of rotatable bonds is 2. The number of hydrogen-bond donors (Lipinski definition) is 1. The van der Waals surface area contributed by atoms with Gasteiger partial charge in [-0.05, 0) is 39.0 Å². The lowest BCUT2D eigenvalue weighted by molar-refractivity contribution is -0.155. The zero-order valence-electron chi connectivity index (χ0n) is 9.03. The highest BCUT2D eigenvalue weighted by molar-refractivity contribution is 6.04. The summed E-state index contributed by atoms with van der Waals surface area (Å²) in [5.41, 5.74) is -1.05. The Hall–Kier alpha value is -1.06. The van der Waals surface area contributed by atoms with Crippen molar-refractivity contribution in [3.05, 3.63) is 0 Å². The first-order chi connectivity index (χ1) is 7.08. The van der Waals surface area contributed by atoms with E-state index in [0.717, 1.165) is 25.8 Å². The van der Waals surface area contributed by atoms with Crippen LogP contribution in [-0.2, 0) is 9.59 Å². The smallest absolute Gasteiger partial charge is 0.319 e. The molecule has 0 aromatic rings. The van der Waals surface area contributed by atoms with Crippen LogP contribution in [0.1, 0.15) is 39.0 Å². The molecule has 1 saturated carbocycles. The van der Waals surface area contributed by atoms with Gasteiger partial charge >= 0.3 is 5.97 Å². The Labute approximate surface area is 89.3 Å². The molecule has 4 heteroatoms. The third-order valence-corrected chi connectivity index (χ3v) is 3.63. The van der Waals surface area contributed by atoms with E-state index in [0.29, 0.717) is 12.8 Å². The molecule has 4 nitrogen and oxygen atoms in total. The third-order valence-electron chi connectivity index (χ3n) is 3.63. The molecule has 0 bridgehead atoms. The van der Waals surface area contributed by atoms with Crippen LogP contribution < -0.4 is 0 Å². The van der Waals surface area contributed by atoms with Gasteiger partial charge in [-0.2, -0.15) is 0 Å². The topological polar surface area (TPSA) is 57.6 Å². The average Bonchev–Trinajstić information content (AvgIpc) is 2.98. The monoisotopic (exact) mass is 211 g/mol. The van der Waals surface area contributed by atoms with Crippen molar-refractivity contribution in [1.29, 1.82) is 0 Å². The van der Waals surface area contributed by atoms with E-state index in [1.165, 1.54) is 0 Å². The number of hydrogen-bond acceptors (Lipinski definition) is 2. The first-order valence-electron chi connectivity index (χ1n) is 5.62. The Morgan fingerprint density at radius 1 is 1.33 bits per heavy atom. The highest BCUT2D eigenvalue weighted by Crippen LogP contribution is 2.48. The number of likely N-dealkylation sites (tertiary alicyclic amines) is 1. The second-order valence-corrected chi connectivity index (χ2v) is 4.73. The number of carbonyl (C=O) groups is 2. The van der Waals surface area contributed by atoms with Gasteiger partial charge in [-0.15, -0.1) is 0 Å². The van der Waals surface area contributed by atoms with Gasteiger partial charge in [-0.25, -0.2) is 0 Å². The van der Waals surface area contributed by atoms with E-state index in [9.17, 15) is 9.59 Å². The molecule has 1 saturated heterocycles. The molecule has 0 aromatic carbocycles. The lowest BCUT2D eigenvalue weighted by Gasteiger charge is -2.35. The van der Waals surface area contributed by atoms with Crippen molar-refractivity contribution >= 4 is 11.9 Å². The Morgan fingerprint density at radius 2 is 2.00 bits per heavy atom. The summed E-state index contributed by atoms with van der Waals surface area (Å²) in [6.45, 7) is 2.74. The Morgan fingerprint density at radius 3 is 2.47 bits per heavy atom. The van der Waals surface area contributed by atoms with E-state index in [1.807, 2.05) is 6.92 Å². The Bertz CT molecular complexity index is 296. The first-order valence-corrected chi connectivity index (χ1v) is 5.62. The van der Waals surface area contributed by atoms with Crippen LogP contribution in [0.2, 0.25) is 0 Å². The van der Waals surface area contributed by atoms with Gasteiger partial charge in [0, 0.05) is 12.6 Å². The van der Waals surface area contributed by atoms with Gasteiger partial charge in [-0.3, -0.25) is 9.59 Å². The van der Waals surface area contributed by atoms with E-state index in [2.05, 4.69) is 0 Å². The molecular formula is C11H17NO3. The van der Waals surface area contributed by atoms with Gasteiger partial charge in [0.15, 0.2) is 0 Å². The Balaban J connectivity index is 2.10. The molecule has 2 rings (SSSR count). The normalized spacial score (nSPS) is 28.6. The van der Waals surface area contributed by atoms with Gasteiger partial charge < -0.3 is 10.0 Å². The SMILES string of the molecule is CC1CCCCN1C(=O)C1(C(=O)O)CC1. The summed E-state index contributed by atoms with van der Waals surface area (Å²) in [5.74, 6) is -1.09. The molecule has 0 aromatic heterocycles. The molecule has 84 valence electrons. The number of piperidine rings is 1. The van der Waals surface area contributed by atoms with Crippen LogP contribution in [0.4, 0.5) is 0 Å². The average molecular weight is 211 g/mol.